The molecule has 0 saturated carbocycles. The first-order valence-electron chi connectivity index (χ1n) is 6.70. The zero-order valence-electron chi connectivity index (χ0n) is 11.5. The zero-order valence-corrected chi connectivity index (χ0v) is 11.5. The van der Waals surface area contributed by atoms with Crippen molar-refractivity contribution in [2.75, 3.05) is 20.3 Å². The van der Waals surface area contributed by atoms with Crippen LogP contribution in [0.4, 0.5) is 0 Å². The Morgan fingerprint density at radius 3 is 2.75 bits per heavy atom. The van der Waals surface area contributed by atoms with Crippen LogP contribution >= 0.6 is 0 Å². The minimum atomic E-state index is -0.405. The Labute approximate surface area is 118 Å². The molecule has 0 aliphatic carbocycles. The van der Waals surface area contributed by atoms with Gasteiger partial charge in [-0.05, 0) is 12.0 Å². The summed E-state index contributed by atoms with van der Waals surface area (Å²) in [6.07, 6.45) is 0.644. The predicted octanol–water partition coefficient (Wildman–Crippen LogP) is 1.13. The third-order valence-corrected chi connectivity index (χ3v) is 3.66. The van der Waals surface area contributed by atoms with E-state index in [0.717, 1.165) is 5.56 Å². The maximum Gasteiger partial charge on any atom is 0.310 e. The Balaban J connectivity index is 2.18. The van der Waals surface area contributed by atoms with Gasteiger partial charge in [-0.25, -0.2) is 0 Å². The SMILES string of the molecule is COC(=O)C1CC(=O)N(C(CCO)c2ccccc2)C1. The van der Waals surface area contributed by atoms with Gasteiger partial charge in [0.1, 0.15) is 0 Å². The summed E-state index contributed by atoms with van der Waals surface area (Å²) >= 11 is 0. The highest BCUT2D eigenvalue weighted by atomic mass is 16.5. The monoisotopic (exact) mass is 277 g/mol. The van der Waals surface area contributed by atoms with E-state index in [1.54, 1.807) is 4.90 Å². The summed E-state index contributed by atoms with van der Waals surface area (Å²) < 4.78 is 4.71. The maximum absolute atomic E-state index is 12.1. The quantitative estimate of drug-likeness (QED) is 0.819. The van der Waals surface area contributed by atoms with Crippen LogP contribution in [0, 0.1) is 5.92 Å². The normalized spacial score (nSPS) is 20.0. The lowest BCUT2D eigenvalue weighted by atomic mass is 10.0. The van der Waals surface area contributed by atoms with Crippen LogP contribution in [0.15, 0.2) is 30.3 Å². The van der Waals surface area contributed by atoms with E-state index >= 15 is 0 Å². The van der Waals surface area contributed by atoms with E-state index in [1.807, 2.05) is 30.3 Å². The van der Waals surface area contributed by atoms with Crippen molar-refractivity contribution in [2.24, 2.45) is 5.92 Å². The summed E-state index contributed by atoms with van der Waals surface area (Å²) in [5, 5.41) is 9.24. The summed E-state index contributed by atoms with van der Waals surface area (Å²) in [5.41, 5.74) is 0.973. The van der Waals surface area contributed by atoms with E-state index in [2.05, 4.69) is 0 Å². The van der Waals surface area contributed by atoms with Gasteiger partial charge < -0.3 is 14.7 Å². The van der Waals surface area contributed by atoms with Crippen molar-refractivity contribution in [3.63, 3.8) is 0 Å². The van der Waals surface area contributed by atoms with Crippen LogP contribution in [-0.4, -0.2) is 42.1 Å². The molecule has 1 amide bonds. The Bertz CT molecular complexity index is 474. The van der Waals surface area contributed by atoms with Crippen molar-refractivity contribution in [1.29, 1.82) is 0 Å². The van der Waals surface area contributed by atoms with Gasteiger partial charge in [0.25, 0.3) is 0 Å². The average molecular weight is 277 g/mol. The molecule has 5 nitrogen and oxygen atoms in total. The molecule has 0 spiro atoms. The van der Waals surface area contributed by atoms with E-state index in [1.165, 1.54) is 7.11 Å². The number of rotatable bonds is 5. The van der Waals surface area contributed by atoms with Crippen LogP contribution in [0.25, 0.3) is 0 Å². The van der Waals surface area contributed by atoms with Crippen molar-refractivity contribution in [2.45, 2.75) is 18.9 Å². The Morgan fingerprint density at radius 2 is 2.15 bits per heavy atom. The summed E-state index contributed by atoms with van der Waals surface area (Å²) in [6.45, 7) is 0.345. The first-order chi connectivity index (χ1) is 9.67. The number of hydrogen-bond donors (Lipinski definition) is 1. The molecule has 1 N–H and O–H groups in total. The highest BCUT2D eigenvalue weighted by Gasteiger charge is 2.38. The number of amides is 1. The molecule has 2 atom stereocenters. The molecule has 0 aromatic heterocycles. The van der Waals surface area contributed by atoms with Gasteiger partial charge >= 0.3 is 5.97 Å². The number of hydrogen-bond acceptors (Lipinski definition) is 4. The maximum atomic E-state index is 12.1. The molecular formula is C15H19NO4. The van der Waals surface area contributed by atoms with Gasteiger partial charge in [0.05, 0.1) is 19.1 Å². The summed E-state index contributed by atoms with van der Waals surface area (Å²) in [5.74, 6) is -0.822. The van der Waals surface area contributed by atoms with Gasteiger partial charge in [-0.15, -0.1) is 0 Å². The summed E-state index contributed by atoms with van der Waals surface area (Å²) in [6, 6.07) is 9.37. The standard InChI is InChI=1S/C15H19NO4/c1-20-15(19)12-9-14(18)16(10-12)13(7-8-17)11-5-3-2-4-6-11/h2-6,12-13,17H,7-10H2,1H3. The minimum Gasteiger partial charge on any atom is -0.469 e. The Hall–Kier alpha value is -1.88. The Morgan fingerprint density at radius 1 is 1.45 bits per heavy atom. The van der Waals surface area contributed by atoms with E-state index < -0.39 is 5.92 Å². The van der Waals surface area contributed by atoms with E-state index in [9.17, 15) is 14.7 Å². The molecule has 1 aromatic rings. The largest absolute Gasteiger partial charge is 0.469 e. The number of benzene rings is 1. The molecule has 1 heterocycles. The van der Waals surface area contributed by atoms with Crippen molar-refractivity contribution < 1.29 is 19.4 Å². The van der Waals surface area contributed by atoms with Gasteiger partial charge in [-0.1, -0.05) is 30.3 Å². The number of aliphatic hydroxyl groups is 1. The first-order valence-corrected chi connectivity index (χ1v) is 6.70. The van der Waals surface area contributed by atoms with Crippen molar-refractivity contribution in [3.05, 3.63) is 35.9 Å². The highest BCUT2D eigenvalue weighted by Crippen LogP contribution is 2.31. The van der Waals surface area contributed by atoms with Crippen molar-refractivity contribution in [3.8, 4) is 0 Å². The number of carbonyl (C=O) groups excluding carboxylic acids is 2. The molecule has 0 bridgehead atoms. The molecule has 1 saturated heterocycles. The summed E-state index contributed by atoms with van der Waals surface area (Å²) in [7, 11) is 1.33. The third-order valence-electron chi connectivity index (χ3n) is 3.66. The molecule has 0 radical (unpaired) electrons. The molecule has 108 valence electrons. The fraction of sp³-hybridized carbons (Fsp3) is 0.467. The molecule has 2 unspecified atom stereocenters. The fourth-order valence-electron chi connectivity index (χ4n) is 2.66. The molecule has 20 heavy (non-hydrogen) atoms. The van der Waals surface area contributed by atoms with Crippen molar-refractivity contribution in [1.82, 2.24) is 4.90 Å². The van der Waals surface area contributed by atoms with Gasteiger partial charge in [0.2, 0.25) is 5.91 Å². The molecule has 1 aliphatic heterocycles. The Kier molecular flexibility index (Phi) is 4.74. The second-order valence-corrected chi connectivity index (χ2v) is 4.91. The predicted molar refractivity (Wildman–Crippen MR) is 72.7 cm³/mol. The molecule has 1 fully saturated rings. The molecular weight excluding hydrogens is 258 g/mol. The second kappa shape index (κ2) is 6.52. The number of methoxy groups -OCH3 is 1. The van der Waals surface area contributed by atoms with Crippen LogP contribution in [0.3, 0.4) is 0 Å². The second-order valence-electron chi connectivity index (χ2n) is 4.91. The van der Waals surface area contributed by atoms with E-state index in [4.69, 9.17) is 4.74 Å². The number of ether oxygens (including phenoxy) is 1. The van der Waals surface area contributed by atoms with Crippen LogP contribution < -0.4 is 0 Å². The number of likely N-dealkylation sites (tertiary alicyclic amines) is 1. The minimum absolute atomic E-state index is 0.00771. The zero-order chi connectivity index (χ0) is 14.5. The number of esters is 1. The molecule has 1 aliphatic rings. The smallest absolute Gasteiger partial charge is 0.310 e. The van der Waals surface area contributed by atoms with E-state index in [0.29, 0.717) is 13.0 Å². The molecule has 1 aromatic carbocycles. The highest BCUT2D eigenvalue weighted by molar-refractivity contribution is 5.87. The van der Waals surface area contributed by atoms with Crippen LogP contribution in [0.1, 0.15) is 24.4 Å². The topological polar surface area (TPSA) is 66.8 Å². The average Bonchev–Trinajstić information content (AvgIpc) is 2.86. The van der Waals surface area contributed by atoms with Crippen LogP contribution in [0.2, 0.25) is 0 Å². The lowest BCUT2D eigenvalue weighted by molar-refractivity contribution is -0.145. The van der Waals surface area contributed by atoms with Crippen LogP contribution in [0.5, 0.6) is 0 Å². The molecule has 2 rings (SSSR count). The summed E-state index contributed by atoms with van der Waals surface area (Å²) in [4.78, 5) is 25.4. The molecule has 5 heteroatoms. The first kappa shape index (κ1) is 14.5. The fourth-order valence-corrected chi connectivity index (χ4v) is 2.66. The third kappa shape index (κ3) is 2.99. The lowest BCUT2D eigenvalue weighted by Gasteiger charge is -2.28. The lowest BCUT2D eigenvalue weighted by Crippen LogP contribution is -2.31. The number of nitrogens with zero attached hydrogens (tertiary/aromatic N) is 1. The van der Waals surface area contributed by atoms with Crippen molar-refractivity contribution >= 4 is 11.9 Å². The number of aliphatic hydroxyl groups excluding tert-OH is 1. The van der Waals surface area contributed by atoms with Gasteiger partial charge in [-0.3, -0.25) is 9.59 Å². The van der Waals surface area contributed by atoms with Gasteiger partial charge in [0, 0.05) is 19.6 Å². The van der Waals surface area contributed by atoms with E-state index in [-0.39, 0.29) is 30.9 Å². The number of carbonyl (C=O) groups is 2. The van der Waals surface area contributed by atoms with Crippen LogP contribution in [-0.2, 0) is 14.3 Å². The van der Waals surface area contributed by atoms with Gasteiger partial charge in [0.15, 0.2) is 0 Å². The van der Waals surface area contributed by atoms with Gasteiger partial charge in [-0.2, -0.15) is 0 Å².